The van der Waals surface area contributed by atoms with Gasteiger partial charge in [0.05, 0.1) is 16.3 Å². The largest absolute Gasteiger partial charge is 0.325 e. The molecule has 2 aliphatic rings. The second-order valence-electron chi connectivity index (χ2n) is 6.46. The summed E-state index contributed by atoms with van der Waals surface area (Å²) in [6.45, 7) is 2.52. The molecule has 5 nitrogen and oxygen atoms in total. The van der Waals surface area contributed by atoms with Gasteiger partial charge in [-0.05, 0) is 36.8 Å². The smallest absolute Gasteiger partial charge is 0.264 e. The lowest BCUT2D eigenvalue weighted by Gasteiger charge is -2.34. The number of carbonyl (C=O) groups excluding carboxylic acids is 1. The van der Waals surface area contributed by atoms with E-state index in [9.17, 15) is 13.2 Å². The summed E-state index contributed by atoms with van der Waals surface area (Å²) in [5, 5.41) is 3.04. The Morgan fingerprint density at radius 3 is 2.81 bits per heavy atom. The number of rotatable bonds is 3. The highest BCUT2D eigenvalue weighted by atomic mass is 32.2. The fourth-order valence-electron chi connectivity index (χ4n) is 3.19. The zero-order valence-corrected chi connectivity index (χ0v) is 17.3. The molecule has 2 aromatic carbocycles. The Morgan fingerprint density at radius 1 is 1.19 bits per heavy atom. The van der Waals surface area contributed by atoms with E-state index in [1.165, 1.54) is 4.31 Å². The molecule has 0 saturated heterocycles. The molecule has 0 aliphatic carbocycles. The van der Waals surface area contributed by atoms with Gasteiger partial charge >= 0.3 is 0 Å². The first-order valence-electron chi connectivity index (χ1n) is 8.84. The molecule has 0 saturated carbocycles. The number of thioether (sulfide) groups is 2. The fourth-order valence-corrected chi connectivity index (χ4v) is 7.04. The molecule has 2 heterocycles. The van der Waals surface area contributed by atoms with E-state index in [0.29, 0.717) is 24.4 Å². The number of nitrogens with one attached hydrogen (secondary N) is 1. The Labute approximate surface area is 168 Å². The van der Waals surface area contributed by atoms with Crippen LogP contribution in [-0.2, 0) is 14.8 Å². The van der Waals surface area contributed by atoms with Crippen molar-refractivity contribution in [2.24, 2.45) is 0 Å². The minimum absolute atomic E-state index is 0.0819. The normalized spacial score (nSPS) is 19.7. The maximum atomic E-state index is 13.5. The molecule has 1 unspecified atom stereocenters. The summed E-state index contributed by atoms with van der Waals surface area (Å²) in [5.74, 6) is 0.612. The van der Waals surface area contributed by atoms with Gasteiger partial charge in [0.1, 0.15) is 0 Å². The molecule has 0 bridgehead atoms. The standard InChI is InChI=1S/C19H20N2O3S3/c1-2-13-12-21(16-5-3-4-6-18(16)26-13)27(23,24)14-7-8-17-15(11-14)20-19(22)9-10-25-17/h3-8,11,13H,2,9-10,12H2,1H3,(H,20,22). The van der Waals surface area contributed by atoms with Gasteiger partial charge in [-0.3, -0.25) is 9.10 Å². The molecule has 2 aliphatic heterocycles. The summed E-state index contributed by atoms with van der Waals surface area (Å²) < 4.78 is 28.4. The van der Waals surface area contributed by atoms with Gasteiger partial charge in [-0.15, -0.1) is 23.5 Å². The summed E-state index contributed by atoms with van der Waals surface area (Å²) in [5.41, 5.74) is 1.30. The SMILES string of the molecule is CCC1CN(S(=O)(=O)c2ccc3c(c2)NC(=O)CCS3)c2ccccc2S1. The zero-order valence-electron chi connectivity index (χ0n) is 14.8. The van der Waals surface area contributed by atoms with Gasteiger partial charge in [-0.25, -0.2) is 8.42 Å². The molecule has 1 N–H and O–H groups in total. The van der Waals surface area contributed by atoms with Gasteiger partial charge in [0.2, 0.25) is 5.91 Å². The second-order valence-corrected chi connectivity index (χ2v) is 10.8. The summed E-state index contributed by atoms with van der Waals surface area (Å²) >= 11 is 3.30. The van der Waals surface area contributed by atoms with E-state index >= 15 is 0 Å². The van der Waals surface area contributed by atoms with Crippen LogP contribution in [0.2, 0.25) is 0 Å². The van der Waals surface area contributed by atoms with Crippen LogP contribution in [0, 0.1) is 0 Å². The number of sulfonamides is 1. The Balaban J connectivity index is 1.77. The monoisotopic (exact) mass is 420 g/mol. The molecular weight excluding hydrogens is 400 g/mol. The quantitative estimate of drug-likeness (QED) is 0.806. The average molecular weight is 421 g/mol. The van der Waals surface area contributed by atoms with Crippen LogP contribution in [0.5, 0.6) is 0 Å². The number of amides is 1. The van der Waals surface area contributed by atoms with Crippen molar-refractivity contribution in [3.63, 3.8) is 0 Å². The van der Waals surface area contributed by atoms with Gasteiger partial charge in [-0.2, -0.15) is 0 Å². The van der Waals surface area contributed by atoms with Crippen LogP contribution in [0.4, 0.5) is 11.4 Å². The van der Waals surface area contributed by atoms with Gasteiger partial charge in [0.15, 0.2) is 0 Å². The number of hydrogen-bond donors (Lipinski definition) is 1. The number of benzene rings is 2. The Bertz CT molecular complexity index is 991. The van der Waals surface area contributed by atoms with Crippen LogP contribution in [0.1, 0.15) is 19.8 Å². The molecule has 0 radical (unpaired) electrons. The van der Waals surface area contributed by atoms with Crippen molar-refractivity contribution in [1.29, 1.82) is 0 Å². The Kier molecular flexibility index (Phi) is 5.13. The lowest BCUT2D eigenvalue weighted by Crippen LogP contribution is -2.39. The minimum atomic E-state index is -3.72. The van der Waals surface area contributed by atoms with Crippen LogP contribution in [0.3, 0.4) is 0 Å². The second kappa shape index (κ2) is 7.41. The van der Waals surface area contributed by atoms with Crippen LogP contribution in [0.15, 0.2) is 57.2 Å². The molecule has 142 valence electrons. The van der Waals surface area contributed by atoms with Crippen LogP contribution in [-0.4, -0.2) is 31.9 Å². The number of fused-ring (bicyclic) bond motifs is 2. The van der Waals surface area contributed by atoms with Crippen molar-refractivity contribution in [3.05, 3.63) is 42.5 Å². The fraction of sp³-hybridized carbons (Fsp3) is 0.316. The van der Waals surface area contributed by atoms with Crippen molar-refractivity contribution in [2.45, 2.75) is 39.7 Å². The molecule has 0 spiro atoms. The van der Waals surface area contributed by atoms with Crippen LogP contribution < -0.4 is 9.62 Å². The van der Waals surface area contributed by atoms with Crippen LogP contribution in [0.25, 0.3) is 0 Å². The molecule has 1 amide bonds. The topological polar surface area (TPSA) is 66.5 Å². The highest BCUT2D eigenvalue weighted by Gasteiger charge is 2.33. The van der Waals surface area contributed by atoms with Crippen molar-refractivity contribution < 1.29 is 13.2 Å². The number of para-hydroxylation sites is 1. The van der Waals surface area contributed by atoms with Crippen molar-refractivity contribution in [2.75, 3.05) is 21.9 Å². The van der Waals surface area contributed by atoms with Crippen molar-refractivity contribution in [3.8, 4) is 0 Å². The van der Waals surface area contributed by atoms with Crippen molar-refractivity contribution >= 4 is 50.8 Å². The van der Waals surface area contributed by atoms with E-state index in [-0.39, 0.29) is 16.1 Å². The number of hydrogen-bond acceptors (Lipinski definition) is 5. The van der Waals surface area contributed by atoms with Gasteiger partial charge < -0.3 is 5.32 Å². The highest BCUT2D eigenvalue weighted by molar-refractivity contribution is 8.00. The van der Waals surface area contributed by atoms with E-state index < -0.39 is 10.0 Å². The summed E-state index contributed by atoms with van der Waals surface area (Å²) in [6.07, 6.45) is 1.32. The summed E-state index contributed by atoms with van der Waals surface area (Å²) in [7, 11) is -3.72. The molecule has 2 aromatic rings. The molecule has 8 heteroatoms. The van der Waals surface area contributed by atoms with E-state index in [2.05, 4.69) is 12.2 Å². The first-order valence-corrected chi connectivity index (χ1v) is 12.1. The number of anilines is 2. The first kappa shape index (κ1) is 18.7. The third-order valence-electron chi connectivity index (χ3n) is 4.65. The zero-order chi connectivity index (χ0) is 19.0. The Hall–Kier alpha value is -1.64. The molecule has 0 fully saturated rings. The van der Waals surface area contributed by atoms with Gasteiger partial charge in [0, 0.05) is 33.8 Å². The first-order chi connectivity index (χ1) is 13.0. The minimum Gasteiger partial charge on any atom is -0.325 e. The predicted molar refractivity (Wildman–Crippen MR) is 111 cm³/mol. The van der Waals surface area contributed by atoms with E-state index in [4.69, 9.17) is 0 Å². The van der Waals surface area contributed by atoms with Gasteiger partial charge in [0.25, 0.3) is 10.0 Å². The van der Waals surface area contributed by atoms with E-state index in [1.807, 2.05) is 24.3 Å². The Morgan fingerprint density at radius 2 is 2.00 bits per heavy atom. The third kappa shape index (κ3) is 3.58. The highest BCUT2D eigenvalue weighted by Crippen LogP contribution is 2.42. The van der Waals surface area contributed by atoms with Gasteiger partial charge in [-0.1, -0.05) is 19.1 Å². The molecule has 0 aromatic heterocycles. The number of carbonyl (C=O) groups is 1. The van der Waals surface area contributed by atoms with E-state index in [0.717, 1.165) is 21.9 Å². The van der Waals surface area contributed by atoms with E-state index in [1.54, 1.807) is 41.7 Å². The number of nitrogens with zero attached hydrogens (tertiary/aromatic N) is 1. The lowest BCUT2D eigenvalue weighted by atomic mass is 10.2. The molecule has 4 rings (SSSR count). The summed E-state index contributed by atoms with van der Waals surface area (Å²) in [4.78, 5) is 14.0. The predicted octanol–water partition coefficient (Wildman–Crippen LogP) is 4.20. The maximum Gasteiger partial charge on any atom is 0.264 e. The van der Waals surface area contributed by atoms with Crippen LogP contribution >= 0.6 is 23.5 Å². The summed E-state index contributed by atoms with van der Waals surface area (Å²) in [6, 6.07) is 12.6. The lowest BCUT2D eigenvalue weighted by molar-refractivity contribution is -0.115. The molecule has 1 atom stereocenters. The van der Waals surface area contributed by atoms with Crippen molar-refractivity contribution in [1.82, 2.24) is 0 Å². The maximum absolute atomic E-state index is 13.5. The molecule has 27 heavy (non-hydrogen) atoms. The molecular formula is C19H20N2O3S3. The average Bonchev–Trinajstić information content (AvgIpc) is 2.86. The third-order valence-corrected chi connectivity index (χ3v) is 8.92.